The fourth-order valence-corrected chi connectivity index (χ4v) is 1.35. The van der Waals surface area contributed by atoms with Crippen LogP contribution in [0.15, 0.2) is 4.42 Å². The van der Waals surface area contributed by atoms with Gasteiger partial charge >= 0.3 is 11.9 Å². The number of aromatic nitrogens is 2. The van der Waals surface area contributed by atoms with Crippen molar-refractivity contribution in [3.8, 4) is 0 Å². The average molecular weight is 183 g/mol. The Hall–Kier alpha value is -1.43. The van der Waals surface area contributed by atoms with Crippen LogP contribution in [0.4, 0.5) is 0 Å². The largest absolute Gasteiger partial charge is 0.474 e. The fourth-order valence-electron chi connectivity index (χ4n) is 1.35. The van der Waals surface area contributed by atoms with E-state index in [1.807, 2.05) is 0 Å². The van der Waals surface area contributed by atoms with Crippen molar-refractivity contribution in [2.24, 2.45) is 0 Å². The van der Waals surface area contributed by atoms with Crippen LogP contribution in [0.1, 0.15) is 28.9 Å². The number of nitrogens with zero attached hydrogens (tertiary/aromatic N) is 2. The molecule has 1 fully saturated rings. The highest BCUT2D eigenvalue weighted by Crippen LogP contribution is 2.20. The maximum Gasteiger partial charge on any atom is 0.393 e. The van der Waals surface area contributed by atoms with Gasteiger partial charge in [-0.1, -0.05) is 0 Å². The first-order valence-corrected chi connectivity index (χ1v) is 4.05. The second-order valence-corrected chi connectivity index (χ2v) is 2.94. The van der Waals surface area contributed by atoms with E-state index in [2.05, 4.69) is 15.5 Å². The number of nitrogens with one attached hydrogen (secondary N) is 1. The zero-order valence-electron chi connectivity index (χ0n) is 6.86. The second kappa shape index (κ2) is 3.14. The second-order valence-electron chi connectivity index (χ2n) is 2.94. The average Bonchev–Trinajstić information content (AvgIpc) is 2.75. The van der Waals surface area contributed by atoms with Crippen LogP contribution in [0, 0.1) is 0 Å². The van der Waals surface area contributed by atoms with Crippen LogP contribution >= 0.6 is 0 Å². The molecule has 0 aromatic carbocycles. The summed E-state index contributed by atoms with van der Waals surface area (Å²) in [4.78, 5) is 10.4. The lowest BCUT2D eigenvalue weighted by Crippen LogP contribution is -2.08. The zero-order valence-corrected chi connectivity index (χ0v) is 6.86. The molecular formula is C7H9N3O3. The van der Waals surface area contributed by atoms with Crippen molar-refractivity contribution in [3.05, 3.63) is 11.8 Å². The molecule has 1 aliphatic rings. The minimum Gasteiger partial charge on any atom is -0.474 e. The van der Waals surface area contributed by atoms with Crippen molar-refractivity contribution in [1.29, 1.82) is 0 Å². The topological polar surface area (TPSA) is 88.2 Å². The van der Waals surface area contributed by atoms with Crippen molar-refractivity contribution in [1.82, 2.24) is 15.5 Å². The van der Waals surface area contributed by atoms with Crippen LogP contribution in [0.2, 0.25) is 0 Å². The molecule has 1 saturated heterocycles. The SMILES string of the molecule is O=C(O)c1nnc(C2CCNC2)o1. The first kappa shape index (κ1) is 8.18. The maximum absolute atomic E-state index is 10.4. The van der Waals surface area contributed by atoms with E-state index in [9.17, 15) is 4.79 Å². The molecule has 0 saturated carbocycles. The van der Waals surface area contributed by atoms with Gasteiger partial charge in [0.2, 0.25) is 5.89 Å². The number of rotatable bonds is 2. The molecule has 0 radical (unpaired) electrons. The van der Waals surface area contributed by atoms with E-state index >= 15 is 0 Å². The van der Waals surface area contributed by atoms with E-state index in [4.69, 9.17) is 9.52 Å². The maximum atomic E-state index is 10.4. The third-order valence-electron chi connectivity index (χ3n) is 2.03. The predicted molar refractivity (Wildman–Crippen MR) is 41.5 cm³/mol. The summed E-state index contributed by atoms with van der Waals surface area (Å²) in [7, 11) is 0. The Morgan fingerprint density at radius 3 is 3.00 bits per heavy atom. The lowest BCUT2D eigenvalue weighted by atomic mass is 10.1. The molecule has 13 heavy (non-hydrogen) atoms. The van der Waals surface area contributed by atoms with Gasteiger partial charge in [-0.05, 0) is 13.0 Å². The van der Waals surface area contributed by atoms with Crippen LogP contribution in [-0.4, -0.2) is 34.4 Å². The van der Waals surface area contributed by atoms with Gasteiger partial charge < -0.3 is 14.8 Å². The summed E-state index contributed by atoms with van der Waals surface area (Å²) in [5.74, 6) is -0.922. The normalized spacial score (nSPS) is 22.0. The van der Waals surface area contributed by atoms with Gasteiger partial charge in [0.1, 0.15) is 0 Å². The van der Waals surface area contributed by atoms with Gasteiger partial charge in [-0.25, -0.2) is 4.79 Å². The Balaban J connectivity index is 2.16. The Labute approximate surface area is 74.0 Å². The molecular weight excluding hydrogens is 174 g/mol. The zero-order chi connectivity index (χ0) is 9.26. The molecule has 1 atom stereocenters. The molecule has 2 rings (SSSR count). The Morgan fingerprint density at radius 2 is 2.46 bits per heavy atom. The van der Waals surface area contributed by atoms with Crippen molar-refractivity contribution < 1.29 is 14.3 Å². The molecule has 0 spiro atoms. The third-order valence-corrected chi connectivity index (χ3v) is 2.03. The molecule has 2 N–H and O–H groups in total. The van der Waals surface area contributed by atoms with E-state index in [0.29, 0.717) is 5.89 Å². The van der Waals surface area contributed by atoms with E-state index < -0.39 is 5.97 Å². The van der Waals surface area contributed by atoms with Crippen molar-refractivity contribution in [3.63, 3.8) is 0 Å². The molecule has 0 aliphatic carbocycles. The molecule has 6 heteroatoms. The number of carbonyl (C=O) groups is 1. The van der Waals surface area contributed by atoms with E-state index in [0.717, 1.165) is 19.5 Å². The van der Waals surface area contributed by atoms with Gasteiger partial charge in [0.25, 0.3) is 0 Å². The van der Waals surface area contributed by atoms with Gasteiger partial charge in [-0.3, -0.25) is 0 Å². The summed E-state index contributed by atoms with van der Waals surface area (Å²) in [6, 6.07) is 0. The molecule has 1 aromatic rings. The molecule has 70 valence electrons. The highest BCUT2D eigenvalue weighted by atomic mass is 16.4. The van der Waals surface area contributed by atoms with Gasteiger partial charge in [-0.15, -0.1) is 10.2 Å². The van der Waals surface area contributed by atoms with Gasteiger partial charge in [0.15, 0.2) is 0 Å². The number of carboxylic acid groups (broad SMARTS) is 1. The molecule has 6 nitrogen and oxygen atoms in total. The van der Waals surface area contributed by atoms with Gasteiger partial charge in [0, 0.05) is 6.54 Å². The highest BCUT2D eigenvalue weighted by Gasteiger charge is 2.23. The van der Waals surface area contributed by atoms with E-state index in [1.54, 1.807) is 0 Å². The summed E-state index contributed by atoms with van der Waals surface area (Å²) in [6.07, 6.45) is 0.918. The van der Waals surface area contributed by atoms with Crippen LogP contribution in [0.25, 0.3) is 0 Å². The summed E-state index contributed by atoms with van der Waals surface area (Å²) >= 11 is 0. The molecule has 0 bridgehead atoms. The van der Waals surface area contributed by atoms with E-state index in [-0.39, 0.29) is 11.8 Å². The number of hydrogen-bond donors (Lipinski definition) is 2. The minimum absolute atomic E-state index is 0.167. The lowest BCUT2D eigenvalue weighted by molar-refractivity contribution is 0.0651. The fraction of sp³-hybridized carbons (Fsp3) is 0.571. The van der Waals surface area contributed by atoms with Gasteiger partial charge in [0.05, 0.1) is 5.92 Å². The van der Waals surface area contributed by atoms with Crippen molar-refractivity contribution >= 4 is 5.97 Å². The van der Waals surface area contributed by atoms with Gasteiger partial charge in [-0.2, -0.15) is 0 Å². The monoisotopic (exact) mass is 183 g/mol. The minimum atomic E-state index is -1.18. The third kappa shape index (κ3) is 1.52. The summed E-state index contributed by atoms with van der Waals surface area (Å²) in [6.45, 7) is 1.69. The Bertz CT molecular complexity index is 317. The number of aromatic carboxylic acids is 1. The van der Waals surface area contributed by atoms with Crippen LogP contribution in [0.5, 0.6) is 0 Å². The standard InChI is InChI=1S/C7H9N3O3/c11-7(12)6-10-9-5(13-6)4-1-2-8-3-4/h4,8H,1-3H2,(H,11,12). The lowest BCUT2D eigenvalue weighted by Gasteiger charge is -1.98. The number of hydrogen-bond acceptors (Lipinski definition) is 5. The van der Waals surface area contributed by atoms with Crippen LogP contribution in [-0.2, 0) is 0 Å². The highest BCUT2D eigenvalue weighted by molar-refractivity contribution is 5.81. The summed E-state index contributed by atoms with van der Waals surface area (Å²) in [5.41, 5.74) is 0. The summed E-state index contributed by atoms with van der Waals surface area (Å²) in [5, 5.41) is 18.8. The molecule has 1 aliphatic heterocycles. The van der Waals surface area contributed by atoms with Crippen molar-refractivity contribution in [2.45, 2.75) is 12.3 Å². The van der Waals surface area contributed by atoms with E-state index in [1.165, 1.54) is 0 Å². The van der Waals surface area contributed by atoms with Crippen LogP contribution in [0.3, 0.4) is 0 Å². The number of carboxylic acids is 1. The first-order chi connectivity index (χ1) is 6.27. The predicted octanol–water partition coefficient (Wildman–Crippen LogP) is -0.155. The molecule has 2 heterocycles. The van der Waals surface area contributed by atoms with Crippen LogP contribution < -0.4 is 5.32 Å². The Kier molecular flexibility index (Phi) is 1.97. The molecule has 1 aromatic heterocycles. The quantitative estimate of drug-likeness (QED) is 0.662. The Morgan fingerprint density at radius 1 is 1.62 bits per heavy atom. The first-order valence-electron chi connectivity index (χ1n) is 4.05. The molecule has 1 unspecified atom stereocenters. The van der Waals surface area contributed by atoms with Crippen molar-refractivity contribution in [2.75, 3.05) is 13.1 Å². The smallest absolute Gasteiger partial charge is 0.393 e. The summed E-state index contributed by atoms with van der Waals surface area (Å²) < 4.78 is 4.97. The molecule has 0 amide bonds.